The molecule has 0 saturated carbocycles. The van der Waals surface area contributed by atoms with E-state index in [9.17, 15) is 10.1 Å². The van der Waals surface area contributed by atoms with E-state index in [4.69, 9.17) is 10.5 Å². The van der Waals surface area contributed by atoms with Crippen LogP contribution in [0.1, 0.15) is 5.56 Å². The van der Waals surface area contributed by atoms with Gasteiger partial charge in [-0.2, -0.15) is 0 Å². The Kier molecular flexibility index (Phi) is 4.47. The van der Waals surface area contributed by atoms with Crippen molar-refractivity contribution in [1.29, 1.82) is 0 Å². The van der Waals surface area contributed by atoms with Crippen molar-refractivity contribution in [1.82, 2.24) is 0 Å². The molecule has 5 nitrogen and oxygen atoms in total. The number of hydrogen-bond acceptors (Lipinski definition) is 4. The number of benzene rings is 1. The van der Waals surface area contributed by atoms with Crippen LogP contribution in [0, 0.1) is 17.0 Å². The lowest BCUT2D eigenvalue weighted by atomic mass is 10.2. The molecule has 0 aliphatic rings. The number of ether oxygens (including phenoxy) is 1. The molecule has 0 amide bonds. The lowest BCUT2D eigenvalue weighted by Crippen LogP contribution is -1.98. The summed E-state index contributed by atoms with van der Waals surface area (Å²) in [5.41, 5.74) is 6.09. The second-order valence-electron chi connectivity index (χ2n) is 3.23. The van der Waals surface area contributed by atoms with Crippen LogP contribution in [0.5, 0.6) is 5.75 Å². The monoisotopic (exact) mass is 222 g/mol. The topological polar surface area (TPSA) is 78.4 Å². The molecule has 2 N–H and O–H groups in total. The zero-order valence-electron chi connectivity index (χ0n) is 9.05. The quantitative estimate of drug-likeness (QED) is 0.468. The van der Waals surface area contributed by atoms with Crippen LogP contribution in [-0.4, -0.2) is 18.1 Å². The van der Waals surface area contributed by atoms with Crippen LogP contribution in [-0.2, 0) is 0 Å². The molecular weight excluding hydrogens is 208 g/mol. The average molecular weight is 222 g/mol. The first kappa shape index (κ1) is 12.2. The van der Waals surface area contributed by atoms with E-state index < -0.39 is 4.92 Å². The lowest BCUT2D eigenvalue weighted by molar-refractivity contribution is -0.384. The van der Waals surface area contributed by atoms with E-state index >= 15 is 0 Å². The van der Waals surface area contributed by atoms with E-state index in [0.717, 1.165) is 5.56 Å². The summed E-state index contributed by atoms with van der Waals surface area (Å²) in [4.78, 5) is 10.1. The Morgan fingerprint density at radius 2 is 2.25 bits per heavy atom. The number of rotatable bonds is 5. The van der Waals surface area contributed by atoms with Gasteiger partial charge in [-0.1, -0.05) is 12.2 Å². The maximum atomic E-state index is 10.5. The van der Waals surface area contributed by atoms with Crippen LogP contribution in [0.2, 0.25) is 0 Å². The zero-order valence-corrected chi connectivity index (χ0v) is 9.05. The van der Waals surface area contributed by atoms with Crippen molar-refractivity contribution in [3.63, 3.8) is 0 Å². The van der Waals surface area contributed by atoms with Gasteiger partial charge < -0.3 is 10.5 Å². The van der Waals surface area contributed by atoms with Gasteiger partial charge in [0, 0.05) is 18.7 Å². The second kappa shape index (κ2) is 5.87. The fraction of sp³-hybridized carbons (Fsp3) is 0.273. The summed E-state index contributed by atoms with van der Waals surface area (Å²) in [6, 6.07) is 4.51. The van der Waals surface area contributed by atoms with Crippen molar-refractivity contribution in [2.75, 3.05) is 13.2 Å². The predicted molar refractivity (Wildman–Crippen MR) is 61.5 cm³/mol. The molecule has 5 heteroatoms. The third-order valence-corrected chi connectivity index (χ3v) is 2.01. The third kappa shape index (κ3) is 3.36. The van der Waals surface area contributed by atoms with Crippen molar-refractivity contribution in [2.45, 2.75) is 6.92 Å². The first-order chi connectivity index (χ1) is 7.65. The molecule has 86 valence electrons. The number of nitro groups is 1. The highest BCUT2D eigenvalue weighted by Gasteiger charge is 2.07. The Balaban J connectivity index is 2.68. The van der Waals surface area contributed by atoms with Gasteiger partial charge in [-0.3, -0.25) is 10.1 Å². The lowest BCUT2D eigenvalue weighted by Gasteiger charge is -2.06. The second-order valence-corrected chi connectivity index (χ2v) is 3.23. The molecule has 16 heavy (non-hydrogen) atoms. The summed E-state index contributed by atoms with van der Waals surface area (Å²) in [5.74, 6) is 0.646. The summed E-state index contributed by atoms with van der Waals surface area (Å²) in [5, 5.41) is 10.5. The highest BCUT2D eigenvalue weighted by Crippen LogP contribution is 2.22. The highest BCUT2D eigenvalue weighted by atomic mass is 16.6. The largest absolute Gasteiger partial charge is 0.489 e. The highest BCUT2D eigenvalue weighted by molar-refractivity contribution is 5.42. The Morgan fingerprint density at radius 1 is 1.50 bits per heavy atom. The summed E-state index contributed by atoms with van der Waals surface area (Å²) in [6.07, 6.45) is 3.60. The van der Waals surface area contributed by atoms with Crippen molar-refractivity contribution in [3.05, 3.63) is 46.0 Å². The van der Waals surface area contributed by atoms with Crippen LogP contribution >= 0.6 is 0 Å². The first-order valence-corrected chi connectivity index (χ1v) is 4.88. The van der Waals surface area contributed by atoms with Gasteiger partial charge >= 0.3 is 0 Å². The van der Waals surface area contributed by atoms with Gasteiger partial charge in [-0.05, 0) is 18.6 Å². The standard InChI is InChI=1S/C11H14N2O3/c1-9-8-10(13(14)15)4-5-11(9)16-7-3-2-6-12/h2-5,8H,6-7,12H2,1H3/b3-2+. The fourth-order valence-electron chi connectivity index (χ4n) is 1.21. The Labute approximate surface area is 93.7 Å². The Hall–Kier alpha value is -1.88. The molecule has 1 aromatic rings. The number of nitrogens with two attached hydrogens (primary N) is 1. The third-order valence-electron chi connectivity index (χ3n) is 2.01. The number of nitrogens with zero attached hydrogens (tertiary/aromatic N) is 1. The van der Waals surface area contributed by atoms with Gasteiger partial charge in [0.05, 0.1) is 4.92 Å². The molecule has 0 aromatic heterocycles. The van der Waals surface area contributed by atoms with Gasteiger partial charge in [0.2, 0.25) is 0 Å². The zero-order chi connectivity index (χ0) is 12.0. The van der Waals surface area contributed by atoms with E-state index in [-0.39, 0.29) is 5.69 Å². The van der Waals surface area contributed by atoms with E-state index in [1.807, 2.05) is 0 Å². The van der Waals surface area contributed by atoms with Crippen LogP contribution in [0.3, 0.4) is 0 Å². The van der Waals surface area contributed by atoms with Gasteiger partial charge in [-0.25, -0.2) is 0 Å². The Bertz CT molecular complexity index is 402. The minimum absolute atomic E-state index is 0.0716. The van der Waals surface area contributed by atoms with E-state index in [2.05, 4.69) is 0 Å². The van der Waals surface area contributed by atoms with Crippen molar-refractivity contribution in [3.8, 4) is 5.75 Å². The predicted octanol–water partition coefficient (Wildman–Crippen LogP) is 1.80. The van der Waals surface area contributed by atoms with Crippen LogP contribution in [0.25, 0.3) is 0 Å². The molecule has 0 unspecified atom stereocenters. The summed E-state index contributed by atoms with van der Waals surface area (Å²) in [6.45, 7) is 2.66. The maximum absolute atomic E-state index is 10.5. The molecule has 0 aliphatic heterocycles. The smallest absolute Gasteiger partial charge is 0.269 e. The van der Waals surface area contributed by atoms with Gasteiger partial charge in [-0.15, -0.1) is 0 Å². The van der Waals surface area contributed by atoms with E-state index in [0.29, 0.717) is 18.9 Å². The number of nitro benzene ring substituents is 1. The molecule has 1 rings (SSSR count). The molecular formula is C11H14N2O3. The summed E-state index contributed by atoms with van der Waals surface area (Å²) >= 11 is 0. The minimum Gasteiger partial charge on any atom is -0.489 e. The number of non-ortho nitro benzene ring substituents is 1. The van der Waals surface area contributed by atoms with Crippen molar-refractivity contribution < 1.29 is 9.66 Å². The summed E-state index contributed by atoms with van der Waals surface area (Å²) < 4.78 is 5.41. The van der Waals surface area contributed by atoms with Crippen LogP contribution in [0.15, 0.2) is 30.4 Å². The van der Waals surface area contributed by atoms with E-state index in [1.165, 1.54) is 12.1 Å². The SMILES string of the molecule is Cc1cc([N+](=O)[O-])ccc1OC/C=C/CN. The summed E-state index contributed by atoms with van der Waals surface area (Å²) in [7, 11) is 0. The van der Waals surface area contributed by atoms with Crippen LogP contribution < -0.4 is 10.5 Å². The molecule has 0 atom stereocenters. The molecule has 0 fully saturated rings. The normalized spacial score (nSPS) is 10.6. The van der Waals surface area contributed by atoms with Crippen LogP contribution in [0.4, 0.5) is 5.69 Å². The molecule has 0 heterocycles. The van der Waals surface area contributed by atoms with Crippen molar-refractivity contribution in [2.24, 2.45) is 5.73 Å². The molecule has 0 bridgehead atoms. The molecule has 0 radical (unpaired) electrons. The fourth-order valence-corrected chi connectivity index (χ4v) is 1.21. The number of aryl methyl sites for hydroxylation is 1. The maximum Gasteiger partial charge on any atom is 0.269 e. The average Bonchev–Trinajstić information content (AvgIpc) is 2.26. The molecule has 1 aromatic carbocycles. The molecule has 0 saturated heterocycles. The number of hydrogen-bond donors (Lipinski definition) is 1. The van der Waals surface area contributed by atoms with Gasteiger partial charge in [0.1, 0.15) is 12.4 Å². The minimum atomic E-state index is -0.425. The van der Waals surface area contributed by atoms with Gasteiger partial charge in [0.15, 0.2) is 0 Å². The van der Waals surface area contributed by atoms with E-state index in [1.54, 1.807) is 25.1 Å². The molecule has 0 aliphatic carbocycles. The Morgan fingerprint density at radius 3 is 2.81 bits per heavy atom. The first-order valence-electron chi connectivity index (χ1n) is 4.88. The van der Waals surface area contributed by atoms with Gasteiger partial charge in [0.25, 0.3) is 5.69 Å². The molecule has 0 spiro atoms. The van der Waals surface area contributed by atoms with Crippen molar-refractivity contribution >= 4 is 5.69 Å².